The van der Waals surface area contributed by atoms with Crippen LogP contribution in [0, 0.1) is 11.3 Å². The third-order valence-corrected chi connectivity index (χ3v) is 3.15. The van der Waals surface area contributed by atoms with Crippen LogP contribution >= 0.6 is 0 Å². The van der Waals surface area contributed by atoms with Crippen LogP contribution in [0.3, 0.4) is 0 Å². The van der Waals surface area contributed by atoms with Crippen molar-refractivity contribution in [3.8, 4) is 6.07 Å². The molecule has 1 unspecified atom stereocenters. The van der Waals surface area contributed by atoms with Gasteiger partial charge in [0.15, 0.2) is 6.29 Å². The molecule has 0 radical (unpaired) electrons. The highest BCUT2D eigenvalue weighted by atomic mass is 16.7. The molecule has 0 saturated heterocycles. The lowest BCUT2D eigenvalue weighted by molar-refractivity contribution is -0.108. The van der Waals surface area contributed by atoms with E-state index in [-0.39, 0.29) is 12.3 Å². The van der Waals surface area contributed by atoms with Crippen molar-refractivity contribution in [2.24, 2.45) is 0 Å². The van der Waals surface area contributed by atoms with Gasteiger partial charge in [-0.05, 0) is 12.8 Å². The lowest BCUT2D eigenvalue weighted by Gasteiger charge is -2.26. The van der Waals surface area contributed by atoms with Crippen LogP contribution in [0.5, 0.6) is 0 Å². The van der Waals surface area contributed by atoms with E-state index >= 15 is 0 Å². The van der Waals surface area contributed by atoms with Crippen molar-refractivity contribution in [3.63, 3.8) is 0 Å². The molecule has 92 valence electrons. The summed E-state index contributed by atoms with van der Waals surface area (Å²) >= 11 is 0. The van der Waals surface area contributed by atoms with Gasteiger partial charge in [-0.3, -0.25) is 5.32 Å². The van der Waals surface area contributed by atoms with E-state index in [0.717, 1.165) is 0 Å². The fourth-order valence-corrected chi connectivity index (χ4v) is 2.19. The standard InChI is InChI=1S/C12H22N2O2/c1-15-12(16-2)8-11(9-13)14-10-6-4-3-5-7-10/h10-12,14H,3-8H2,1-2H3. The first kappa shape index (κ1) is 13.4. The molecule has 1 aliphatic carbocycles. The summed E-state index contributed by atoms with van der Waals surface area (Å²) in [4.78, 5) is 0. The number of rotatable bonds is 6. The highest BCUT2D eigenvalue weighted by Gasteiger charge is 2.20. The molecule has 4 heteroatoms. The maximum Gasteiger partial charge on any atom is 0.159 e. The molecule has 0 aromatic rings. The molecule has 0 amide bonds. The molecule has 0 spiro atoms. The second-order valence-corrected chi connectivity index (χ2v) is 4.32. The van der Waals surface area contributed by atoms with Gasteiger partial charge < -0.3 is 9.47 Å². The van der Waals surface area contributed by atoms with Crippen LogP contribution < -0.4 is 5.32 Å². The van der Waals surface area contributed by atoms with E-state index in [0.29, 0.717) is 12.5 Å². The molecule has 0 bridgehead atoms. The van der Waals surface area contributed by atoms with Gasteiger partial charge >= 0.3 is 0 Å². The first-order chi connectivity index (χ1) is 7.80. The van der Waals surface area contributed by atoms with Crippen LogP contribution in [0.4, 0.5) is 0 Å². The maximum atomic E-state index is 9.07. The zero-order chi connectivity index (χ0) is 11.8. The van der Waals surface area contributed by atoms with Crippen LogP contribution in [0.2, 0.25) is 0 Å². The lowest BCUT2D eigenvalue weighted by atomic mass is 9.94. The maximum absolute atomic E-state index is 9.07. The predicted octanol–water partition coefficient (Wildman–Crippen LogP) is 1.81. The Morgan fingerprint density at radius 2 is 1.88 bits per heavy atom. The first-order valence-electron chi connectivity index (χ1n) is 6.01. The quantitative estimate of drug-likeness (QED) is 0.702. The largest absolute Gasteiger partial charge is 0.356 e. The average Bonchev–Trinajstić information content (AvgIpc) is 2.35. The molecule has 1 rings (SSSR count). The second kappa shape index (κ2) is 7.61. The van der Waals surface area contributed by atoms with Crippen molar-refractivity contribution in [2.75, 3.05) is 14.2 Å². The van der Waals surface area contributed by atoms with Crippen molar-refractivity contribution in [1.29, 1.82) is 5.26 Å². The number of ether oxygens (including phenoxy) is 2. The Balaban J connectivity index is 2.33. The third kappa shape index (κ3) is 4.48. The van der Waals surface area contributed by atoms with Gasteiger partial charge in [-0.15, -0.1) is 0 Å². The highest BCUT2D eigenvalue weighted by molar-refractivity contribution is 4.93. The summed E-state index contributed by atoms with van der Waals surface area (Å²) in [5.41, 5.74) is 0. The number of nitrogens with one attached hydrogen (secondary N) is 1. The van der Waals surface area contributed by atoms with Crippen LogP contribution in [-0.2, 0) is 9.47 Å². The molecule has 0 aliphatic heterocycles. The zero-order valence-corrected chi connectivity index (χ0v) is 10.2. The minimum atomic E-state index is -0.291. The lowest BCUT2D eigenvalue weighted by Crippen LogP contribution is -2.41. The first-order valence-corrected chi connectivity index (χ1v) is 6.01. The van der Waals surface area contributed by atoms with Gasteiger partial charge in [0.05, 0.1) is 6.07 Å². The molecular formula is C12H22N2O2. The van der Waals surface area contributed by atoms with Gasteiger partial charge in [-0.25, -0.2) is 0 Å². The SMILES string of the molecule is COC(CC(C#N)NC1CCCCC1)OC. The summed E-state index contributed by atoms with van der Waals surface area (Å²) in [6.07, 6.45) is 6.53. The van der Waals surface area contributed by atoms with Crippen molar-refractivity contribution >= 4 is 0 Å². The number of hydrogen-bond acceptors (Lipinski definition) is 4. The summed E-state index contributed by atoms with van der Waals surface area (Å²) in [5, 5.41) is 12.5. The van der Waals surface area contributed by atoms with Crippen molar-refractivity contribution in [1.82, 2.24) is 5.32 Å². The molecule has 4 nitrogen and oxygen atoms in total. The summed E-state index contributed by atoms with van der Waals surface area (Å²) in [6.45, 7) is 0. The van der Waals surface area contributed by atoms with Gasteiger partial charge in [-0.1, -0.05) is 19.3 Å². The van der Waals surface area contributed by atoms with Gasteiger partial charge in [0.2, 0.25) is 0 Å². The van der Waals surface area contributed by atoms with E-state index in [2.05, 4.69) is 11.4 Å². The van der Waals surface area contributed by atoms with Gasteiger partial charge in [0, 0.05) is 26.7 Å². The van der Waals surface area contributed by atoms with E-state index in [1.807, 2.05) is 0 Å². The summed E-state index contributed by atoms with van der Waals surface area (Å²) in [5.74, 6) is 0. The summed E-state index contributed by atoms with van der Waals surface area (Å²) < 4.78 is 10.2. The van der Waals surface area contributed by atoms with E-state index in [4.69, 9.17) is 14.7 Å². The Morgan fingerprint density at radius 1 is 1.25 bits per heavy atom. The third-order valence-electron chi connectivity index (χ3n) is 3.15. The molecule has 0 aromatic heterocycles. The Hall–Kier alpha value is -0.630. The number of nitriles is 1. The number of nitrogens with zero attached hydrogens (tertiary/aromatic N) is 1. The van der Waals surface area contributed by atoms with E-state index < -0.39 is 0 Å². The molecule has 1 fully saturated rings. The molecular weight excluding hydrogens is 204 g/mol. The van der Waals surface area contributed by atoms with Crippen LogP contribution in [0.15, 0.2) is 0 Å². The van der Waals surface area contributed by atoms with Gasteiger partial charge in [-0.2, -0.15) is 5.26 Å². The average molecular weight is 226 g/mol. The van der Waals surface area contributed by atoms with Crippen molar-refractivity contribution in [3.05, 3.63) is 0 Å². The minimum Gasteiger partial charge on any atom is -0.356 e. The zero-order valence-electron chi connectivity index (χ0n) is 10.2. The topological polar surface area (TPSA) is 54.3 Å². The van der Waals surface area contributed by atoms with Crippen LogP contribution in [0.1, 0.15) is 38.5 Å². The van der Waals surface area contributed by atoms with E-state index in [1.165, 1.54) is 32.1 Å². The van der Waals surface area contributed by atoms with Crippen molar-refractivity contribution < 1.29 is 9.47 Å². The summed E-state index contributed by atoms with van der Waals surface area (Å²) in [6, 6.07) is 2.60. The van der Waals surface area contributed by atoms with E-state index in [1.54, 1.807) is 14.2 Å². The number of methoxy groups -OCH3 is 2. The van der Waals surface area contributed by atoms with Crippen molar-refractivity contribution in [2.45, 2.75) is 56.9 Å². The normalized spacial score (nSPS) is 19.6. The minimum absolute atomic E-state index is 0.173. The fraction of sp³-hybridized carbons (Fsp3) is 0.917. The smallest absolute Gasteiger partial charge is 0.159 e. The molecule has 16 heavy (non-hydrogen) atoms. The van der Waals surface area contributed by atoms with Crippen LogP contribution in [0.25, 0.3) is 0 Å². The summed E-state index contributed by atoms with van der Waals surface area (Å²) in [7, 11) is 3.20. The molecule has 1 saturated carbocycles. The number of hydrogen-bond donors (Lipinski definition) is 1. The highest BCUT2D eigenvalue weighted by Crippen LogP contribution is 2.18. The molecule has 0 heterocycles. The Labute approximate surface area is 97.9 Å². The Bertz CT molecular complexity index is 218. The van der Waals surface area contributed by atoms with E-state index in [9.17, 15) is 0 Å². The Kier molecular flexibility index (Phi) is 6.39. The molecule has 1 aliphatic rings. The monoisotopic (exact) mass is 226 g/mol. The van der Waals surface area contributed by atoms with Gasteiger partial charge in [0.1, 0.15) is 6.04 Å². The molecule has 1 atom stereocenters. The molecule has 1 N–H and O–H groups in total. The molecule has 0 aromatic carbocycles. The fourth-order valence-electron chi connectivity index (χ4n) is 2.19. The predicted molar refractivity (Wildman–Crippen MR) is 61.8 cm³/mol. The Morgan fingerprint density at radius 3 is 2.38 bits per heavy atom. The van der Waals surface area contributed by atoms with Gasteiger partial charge in [0.25, 0.3) is 0 Å². The second-order valence-electron chi connectivity index (χ2n) is 4.32. The van der Waals surface area contributed by atoms with Crippen LogP contribution in [-0.4, -0.2) is 32.6 Å².